The Labute approximate surface area is 193 Å². The first-order valence-corrected chi connectivity index (χ1v) is 12.5. The van der Waals surface area contributed by atoms with E-state index in [1.807, 2.05) is 36.6 Å². The average Bonchev–Trinajstić information content (AvgIpc) is 3.24. The molecule has 2 fully saturated rings. The van der Waals surface area contributed by atoms with Gasteiger partial charge in [-0.05, 0) is 37.5 Å². The van der Waals surface area contributed by atoms with Crippen molar-refractivity contribution >= 4 is 28.4 Å². The smallest absolute Gasteiger partial charge is 0.323 e. The van der Waals surface area contributed by atoms with Crippen molar-refractivity contribution in [2.24, 2.45) is 5.92 Å². The van der Waals surface area contributed by atoms with Crippen LogP contribution in [-0.4, -0.2) is 59.5 Å². The maximum Gasteiger partial charge on any atom is 0.323 e. The van der Waals surface area contributed by atoms with Crippen LogP contribution in [-0.2, 0) is 0 Å². The molecule has 1 saturated heterocycles. The number of amides is 3. The summed E-state index contributed by atoms with van der Waals surface area (Å²) in [6.45, 7) is 4.62. The van der Waals surface area contributed by atoms with Gasteiger partial charge in [0.15, 0.2) is 5.13 Å². The highest BCUT2D eigenvalue weighted by atomic mass is 32.1. The minimum atomic E-state index is -0.167. The Hall–Kier alpha value is -2.61. The molecule has 1 aromatic carbocycles. The maximum atomic E-state index is 13.0. The summed E-state index contributed by atoms with van der Waals surface area (Å²) in [6, 6.07) is 7.30. The quantitative estimate of drug-likeness (QED) is 0.678. The number of nitrogens with one attached hydrogen (secondary N) is 1. The molecule has 1 saturated carbocycles. The first kappa shape index (κ1) is 22.6. The van der Waals surface area contributed by atoms with E-state index in [1.54, 1.807) is 9.80 Å². The zero-order valence-electron chi connectivity index (χ0n) is 18.7. The van der Waals surface area contributed by atoms with Crippen LogP contribution < -0.4 is 10.1 Å². The number of piperazine rings is 1. The minimum absolute atomic E-state index is 0.0154. The summed E-state index contributed by atoms with van der Waals surface area (Å²) in [5.41, 5.74) is 1.53. The van der Waals surface area contributed by atoms with Gasteiger partial charge in [-0.25, -0.2) is 9.78 Å². The molecule has 0 unspecified atom stereocenters. The van der Waals surface area contributed by atoms with Crippen molar-refractivity contribution in [1.82, 2.24) is 14.8 Å². The van der Waals surface area contributed by atoms with Gasteiger partial charge in [0, 0.05) is 37.1 Å². The fraction of sp³-hybridized carbons (Fsp3) is 0.542. The number of urea groups is 1. The Bertz CT molecular complexity index is 917. The lowest BCUT2D eigenvalue weighted by Gasteiger charge is -2.34. The van der Waals surface area contributed by atoms with Crippen LogP contribution in [0.4, 0.5) is 9.93 Å². The third kappa shape index (κ3) is 6.00. The van der Waals surface area contributed by atoms with Crippen LogP contribution in [0.3, 0.4) is 0 Å². The first-order valence-electron chi connectivity index (χ1n) is 11.6. The SMILES string of the molecule is Cc1csc(NC(=O)N2CCN(C(=O)c3cccc(OCCC4CCCCC4)c3)CC2)n1. The zero-order chi connectivity index (χ0) is 22.3. The highest BCUT2D eigenvalue weighted by molar-refractivity contribution is 7.13. The van der Waals surface area contributed by atoms with Gasteiger partial charge in [-0.1, -0.05) is 38.2 Å². The Morgan fingerprint density at radius 3 is 2.59 bits per heavy atom. The molecule has 1 N–H and O–H groups in total. The second-order valence-corrected chi connectivity index (χ2v) is 9.53. The second kappa shape index (κ2) is 10.8. The Morgan fingerprint density at radius 1 is 1.12 bits per heavy atom. The van der Waals surface area contributed by atoms with Gasteiger partial charge in [0.2, 0.25) is 0 Å². The van der Waals surface area contributed by atoms with Crippen molar-refractivity contribution in [3.8, 4) is 5.75 Å². The van der Waals surface area contributed by atoms with Gasteiger partial charge in [0.05, 0.1) is 12.3 Å². The number of carbonyl (C=O) groups is 2. The molecule has 1 aromatic heterocycles. The number of aromatic nitrogens is 1. The van der Waals surface area contributed by atoms with Crippen LogP contribution in [0, 0.1) is 12.8 Å². The minimum Gasteiger partial charge on any atom is -0.494 e. The number of ether oxygens (including phenoxy) is 1. The number of thiazole rings is 1. The standard InChI is InChI=1S/C24H32N4O3S/c1-18-17-32-23(25-18)26-24(30)28-13-11-27(12-14-28)22(29)20-8-5-9-21(16-20)31-15-10-19-6-3-2-4-7-19/h5,8-9,16-17,19H,2-4,6-7,10-15H2,1H3,(H,25,26,30). The lowest BCUT2D eigenvalue weighted by atomic mass is 9.87. The number of nitrogens with zero attached hydrogens (tertiary/aromatic N) is 3. The van der Waals surface area contributed by atoms with Crippen molar-refractivity contribution in [3.05, 3.63) is 40.9 Å². The maximum absolute atomic E-state index is 13.0. The van der Waals surface area contributed by atoms with Crippen molar-refractivity contribution < 1.29 is 14.3 Å². The topological polar surface area (TPSA) is 74.8 Å². The molecule has 0 bridgehead atoms. The molecule has 32 heavy (non-hydrogen) atoms. The van der Waals surface area contributed by atoms with Crippen LogP contribution in [0.2, 0.25) is 0 Å². The molecule has 2 heterocycles. The molecule has 2 aliphatic rings. The third-order valence-electron chi connectivity index (χ3n) is 6.29. The summed E-state index contributed by atoms with van der Waals surface area (Å²) in [7, 11) is 0. The van der Waals surface area contributed by atoms with Crippen LogP contribution in [0.25, 0.3) is 0 Å². The van der Waals surface area contributed by atoms with Gasteiger partial charge >= 0.3 is 6.03 Å². The molecule has 0 spiro atoms. The molecular formula is C24H32N4O3S. The van der Waals surface area contributed by atoms with Gasteiger partial charge in [-0.3, -0.25) is 10.1 Å². The highest BCUT2D eigenvalue weighted by Gasteiger charge is 2.25. The molecule has 8 heteroatoms. The van der Waals surface area contributed by atoms with Crippen LogP contribution in [0.15, 0.2) is 29.6 Å². The number of hydrogen-bond donors (Lipinski definition) is 1. The molecule has 7 nitrogen and oxygen atoms in total. The van der Waals surface area contributed by atoms with Gasteiger partial charge in [-0.15, -0.1) is 11.3 Å². The monoisotopic (exact) mass is 456 g/mol. The number of aryl methyl sites for hydroxylation is 1. The molecule has 1 aliphatic carbocycles. The summed E-state index contributed by atoms with van der Waals surface area (Å²) in [6.07, 6.45) is 7.77. The number of carbonyl (C=O) groups excluding carboxylic acids is 2. The summed E-state index contributed by atoms with van der Waals surface area (Å²) in [5, 5.41) is 5.34. The largest absolute Gasteiger partial charge is 0.494 e. The van der Waals surface area contributed by atoms with E-state index in [4.69, 9.17) is 4.74 Å². The van der Waals surface area contributed by atoms with Crippen LogP contribution in [0.5, 0.6) is 5.75 Å². The predicted octanol–water partition coefficient (Wildman–Crippen LogP) is 4.79. The van der Waals surface area contributed by atoms with E-state index in [-0.39, 0.29) is 11.9 Å². The molecule has 1 aliphatic heterocycles. The number of rotatable bonds is 6. The Kier molecular flexibility index (Phi) is 7.63. The molecule has 3 amide bonds. The summed E-state index contributed by atoms with van der Waals surface area (Å²) in [4.78, 5) is 33.2. The first-order chi connectivity index (χ1) is 15.6. The fourth-order valence-electron chi connectivity index (χ4n) is 4.42. The van der Waals surface area contributed by atoms with Gasteiger partial charge < -0.3 is 14.5 Å². The number of anilines is 1. The fourth-order valence-corrected chi connectivity index (χ4v) is 5.09. The average molecular weight is 457 g/mol. The molecule has 0 atom stereocenters. The van der Waals surface area contributed by atoms with Crippen molar-refractivity contribution in [3.63, 3.8) is 0 Å². The van der Waals surface area contributed by atoms with Gasteiger partial charge in [0.25, 0.3) is 5.91 Å². The summed E-state index contributed by atoms with van der Waals surface area (Å²) in [5.74, 6) is 1.52. The molecular weight excluding hydrogens is 424 g/mol. The van der Waals surface area contributed by atoms with E-state index in [2.05, 4.69) is 10.3 Å². The van der Waals surface area contributed by atoms with E-state index in [0.29, 0.717) is 43.5 Å². The van der Waals surface area contributed by atoms with Gasteiger partial charge in [-0.2, -0.15) is 0 Å². The van der Waals surface area contributed by atoms with Crippen molar-refractivity contribution in [2.45, 2.75) is 45.4 Å². The van der Waals surface area contributed by atoms with Crippen LogP contribution >= 0.6 is 11.3 Å². The third-order valence-corrected chi connectivity index (χ3v) is 7.16. The predicted molar refractivity (Wildman–Crippen MR) is 126 cm³/mol. The van der Waals surface area contributed by atoms with Gasteiger partial charge in [0.1, 0.15) is 5.75 Å². The Morgan fingerprint density at radius 2 is 1.88 bits per heavy atom. The highest BCUT2D eigenvalue weighted by Crippen LogP contribution is 2.26. The zero-order valence-corrected chi connectivity index (χ0v) is 19.5. The Balaban J connectivity index is 1.24. The normalized spacial score (nSPS) is 17.3. The van der Waals surface area contributed by atoms with Crippen molar-refractivity contribution in [1.29, 1.82) is 0 Å². The van der Waals surface area contributed by atoms with Crippen molar-refractivity contribution in [2.75, 3.05) is 38.1 Å². The van der Waals surface area contributed by atoms with Crippen LogP contribution in [0.1, 0.15) is 54.6 Å². The molecule has 2 aromatic rings. The molecule has 172 valence electrons. The second-order valence-electron chi connectivity index (χ2n) is 8.67. The lowest BCUT2D eigenvalue weighted by Crippen LogP contribution is -2.51. The molecule has 0 radical (unpaired) electrons. The number of benzene rings is 1. The van der Waals surface area contributed by atoms with E-state index in [0.717, 1.165) is 23.8 Å². The molecule has 4 rings (SSSR count). The van der Waals surface area contributed by atoms with E-state index < -0.39 is 0 Å². The van der Waals surface area contributed by atoms with E-state index >= 15 is 0 Å². The lowest BCUT2D eigenvalue weighted by molar-refractivity contribution is 0.0671. The van der Waals surface area contributed by atoms with E-state index in [9.17, 15) is 9.59 Å². The summed E-state index contributed by atoms with van der Waals surface area (Å²) < 4.78 is 5.96. The number of hydrogen-bond acceptors (Lipinski definition) is 5. The summed E-state index contributed by atoms with van der Waals surface area (Å²) >= 11 is 1.41. The van der Waals surface area contributed by atoms with E-state index in [1.165, 1.54) is 43.4 Å².